The molecule has 0 saturated heterocycles. The van der Waals surface area contributed by atoms with Crippen molar-refractivity contribution in [2.75, 3.05) is 0 Å². The molecule has 0 aliphatic heterocycles. The zero-order valence-corrected chi connectivity index (χ0v) is 12.8. The third-order valence-electron chi connectivity index (χ3n) is 4.04. The minimum absolute atomic E-state index is 0.391. The predicted octanol–water partition coefficient (Wildman–Crippen LogP) is 2.04. The van der Waals surface area contributed by atoms with Crippen LogP contribution in [0.25, 0.3) is 21.8 Å². The van der Waals surface area contributed by atoms with Crippen molar-refractivity contribution in [2.24, 2.45) is 5.73 Å². The molecule has 0 radical (unpaired) electrons. The predicted molar refractivity (Wildman–Crippen MR) is 91.3 cm³/mol. The molecule has 2 aromatic heterocycles. The molecule has 0 aliphatic rings. The van der Waals surface area contributed by atoms with Gasteiger partial charge in [0.2, 0.25) is 0 Å². The fourth-order valence-corrected chi connectivity index (χ4v) is 2.79. The van der Waals surface area contributed by atoms with Crippen molar-refractivity contribution < 1.29 is 9.63 Å². The highest BCUT2D eigenvalue weighted by Gasteiger charge is 2.19. The second kappa shape index (κ2) is 5.82. The molecule has 2 heterocycles. The van der Waals surface area contributed by atoms with Gasteiger partial charge in [-0.25, -0.2) is 4.79 Å². The van der Waals surface area contributed by atoms with Crippen molar-refractivity contribution in [1.29, 1.82) is 0 Å². The van der Waals surface area contributed by atoms with Crippen molar-refractivity contribution in [1.82, 2.24) is 14.9 Å². The number of aromatic nitrogens is 3. The summed E-state index contributed by atoms with van der Waals surface area (Å²) >= 11 is 0. The van der Waals surface area contributed by atoms with Gasteiger partial charge >= 0.3 is 5.97 Å². The molecule has 120 valence electrons. The first-order valence-corrected chi connectivity index (χ1v) is 7.68. The number of aromatic amines is 1. The molecular weight excluding hydrogens is 304 g/mol. The lowest BCUT2D eigenvalue weighted by molar-refractivity contribution is -0.146. The molecule has 24 heavy (non-hydrogen) atoms. The van der Waals surface area contributed by atoms with Gasteiger partial charge in [0.05, 0.1) is 6.20 Å². The minimum atomic E-state index is -0.771. The van der Waals surface area contributed by atoms with Crippen LogP contribution in [0.5, 0.6) is 0 Å². The first-order chi connectivity index (χ1) is 11.7. The monoisotopic (exact) mass is 320 g/mol. The Labute approximate surface area is 137 Å². The summed E-state index contributed by atoms with van der Waals surface area (Å²) in [5.41, 5.74) is 8.76. The first-order valence-electron chi connectivity index (χ1n) is 7.68. The Morgan fingerprint density at radius 1 is 1.21 bits per heavy atom. The SMILES string of the molecule is N[C@@H](Cc1c[nH]c2ccccc12)C(=O)On1ncc2ccccc21. The van der Waals surface area contributed by atoms with Crippen molar-refractivity contribution in [3.05, 3.63) is 66.5 Å². The molecule has 0 amide bonds. The summed E-state index contributed by atoms with van der Waals surface area (Å²) in [6.45, 7) is 0. The topological polar surface area (TPSA) is 85.9 Å². The zero-order valence-electron chi connectivity index (χ0n) is 12.8. The Bertz CT molecular complexity index is 1020. The Morgan fingerprint density at radius 2 is 2.00 bits per heavy atom. The van der Waals surface area contributed by atoms with E-state index in [4.69, 9.17) is 10.6 Å². The van der Waals surface area contributed by atoms with Crippen LogP contribution in [0.15, 0.2) is 60.9 Å². The number of nitrogens with zero attached hydrogens (tertiary/aromatic N) is 2. The lowest BCUT2D eigenvalue weighted by Crippen LogP contribution is -2.39. The van der Waals surface area contributed by atoms with E-state index in [0.29, 0.717) is 6.42 Å². The van der Waals surface area contributed by atoms with E-state index >= 15 is 0 Å². The van der Waals surface area contributed by atoms with Crippen LogP contribution in [0.1, 0.15) is 5.56 Å². The molecule has 0 spiro atoms. The van der Waals surface area contributed by atoms with Crippen LogP contribution in [-0.2, 0) is 11.2 Å². The second-order valence-corrected chi connectivity index (χ2v) is 5.66. The van der Waals surface area contributed by atoms with Crippen molar-refractivity contribution in [2.45, 2.75) is 12.5 Å². The number of rotatable bonds is 4. The van der Waals surface area contributed by atoms with E-state index in [1.165, 1.54) is 4.85 Å². The van der Waals surface area contributed by atoms with Gasteiger partial charge in [0, 0.05) is 28.9 Å². The maximum absolute atomic E-state index is 12.3. The molecule has 6 heteroatoms. The Kier molecular flexibility index (Phi) is 3.51. The van der Waals surface area contributed by atoms with Crippen LogP contribution in [-0.4, -0.2) is 26.9 Å². The normalized spacial score (nSPS) is 12.5. The van der Waals surface area contributed by atoms with Crippen LogP contribution in [0.2, 0.25) is 0 Å². The quantitative estimate of drug-likeness (QED) is 0.602. The van der Waals surface area contributed by atoms with E-state index in [1.807, 2.05) is 54.7 Å². The highest BCUT2D eigenvalue weighted by atomic mass is 16.7. The van der Waals surface area contributed by atoms with Gasteiger partial charge in [-0.05, 0) is 17.7 Å². The number of hydrogen-bond donors (Lipinski definition) is 2. The van der Waals surface area contributed by atoms with Crippen molar-refractivity contribution in [3.63, 3.8) is 0 Å². The molecule has 0 aliphatic carbocycles. The number of nitrogens with two attached hydrogens (primary N) is 1. The summed E-state index contributed by atoms with van der Waals surface area (Å²) in [5, 5.41) is 6.04. The molecule has 6 nitrogen and oxygen atoms in total. The lowest BCUT2D eigenvalue weighted by atomic mass is 10.1. The summed E-state index contributed by atoms with van der Waals surface area (Å²) < 4.78 is 0. The number of para-hydroxylation sites is 2. The second-order valence-electron chi connectivity index (χ2n) is 5.66. The smallest absolute Gasteiger partial charge is 0.351 e. The number of carbonyl (C=O) groups is 1. The number of hydrogen-bond acceptors (Lipinski definition) is 4. The van der Waals surface area contributed by atoms with E-state index in [0.717, 1.165) is 27.4 Å². The average molecular weight is 320 g/mol. The molecule has 4 rings (SSSR count). The summed E-state index contributed by atoms with van der Waals surface area (Å²) in [4.78, 5) is 22.0. The van der Waals surface area contributed by atoms with Crippen LogP contribution in [0, 0.1) is 0 Å². The largest absolute Gasteiger partial charge is 0.361 e. The molecule has 3 N–H and O–H groups in total. The molecule has 1 atom stereocenters. The van der Waals surface area contributed by atoms with E-state index in [9.17, 15) is 4.79 Å². The molecule has 0 unspecified atom stereocenters. The summed E-state index contributed by atoms with van der Waals surface area (Å²) in [7, 11) is 0. The fraction of sp³-hybridized carbons (Fsp3) is 0.111. The van der Waals surface area contributed by atoms with Crippen LogP contribution < -0.4 is 10.6 Å². The summed E-state index contributed by atoms with van der Waals surface area (Å²) in [6, 6.07) is 14.6. The first kappa shape index (κ1) is 14.5. The van der Waals surface area contributed by atoms with Gasteiger partial charge in [0.1, 0.15) is 11.6 Å². The summed E-state index contributed by atoms with van der Waals surface area (Å²) in [6.07, 6.45) is 3.91. The number of nitrogens with one attached hydrogen (secondary N) is 1. The van der Waals surface area contributed by atoms with Crippen LogP contribution in [0.3, 0.4) is 0 Å². The van der Waals surface area contributed by atoms with E-state index in [1.54, 1.807) is 6.20 Å². The highest BCUT2D eigenvalue weighted by molar-refractivity contribution is 5.85. The molecule has 0 bridgehead atoms. The average Bonchev–Trinajstić information content (AvgIpc) is 3.20. The van der Waals surface area contributed by atoms with Crippen molar-refractivity contribution >= 4 is 27.8 Å². The lowest BCUT2D eigenvalue weighted by Gasteiger charge is -2.10. The number of H-pyrrole nitrogens is 1. The Morgan fingerprint density at radius 3 is 2.92 bits per heavy atom. The molecular formula is C18H16N4O2. The van der Waals surface area contributed by atoms with E-state index in [2.05, 4.69) is 10.1 Å². The maximum Gasteiger partial charge on any atom is 0.351 e. The molecule has 0 fully saturated rings. The van der Waals surface area contributed by atoms with Crippen molar-refractivity contribution in [3.8, 4) is 0 Å². The zero-order chi connectivity index (χ0) is 16.5. The molecule has 2 aromatic carbocycles. The van der Waals surface area contributed by atoms with Gasteiger partial charge in [-0.2, -0.15) is 0 Å². The maximum atomic E-state index is 12.3. The minimum Gasteiger partial charge on any atom is -0.361 e. The van der Waals surface area contributed by atoms with Gasteiger partial charge in [0.25, 0.3) is 0 Å². The number of fused-ring (bicyclic) bond motifs is 2. The Hall–Kier alpha value is -3.12. The van der Waals surface area contributed by atoms with Gasteiger partial charge in [-0.3, -0.25) is 0 Å². The van der Waals surface area contributed by atoms with Crippen LogP contribution >= 0.6 is 0 Å². The van der Waals surface area contributed by atoms with Gasteiger partial charge in [0.15, 0.2) is 0 Å². The fourth-order valence-electron chi connectivity index (χ4n) is 2.79. The summed E-state index contributed by atoms with van der Waals surface area (Å²) in [5.74, 6) is -0.519. The van der Waals surface area contributed by atoms with E-state index < -0.39 is 12.0 Å². The third-order valence-corrected chi connectivity index (χ3v) is 4.04. The Balaban J connectivity index is 1.52. The molecule has 0 saturated carbocycles. The standard InChI is InChI=1S/C18H16N4O2/c19-15(9-13-10-20-16-7-3-2-6-14(13)16)18(23)24-22-17-8-4-1-5-12(17)11-21-22/h1-8,10-11,15,20H,9,19H2/t15-/m0/s1. The van der Waals surface area contributed by atoms with E-state index in [-0.39, 0.29) is 0 Å². The van der Waals surface area contributed by atoms with Crippen LogP contribution in [0.4, 0.5) is 0 Å². The van der Waals surface area contributed by atoms with Gasteiger partial charge < -0.3 is 15.6 Å². The highest BCUT2D eigenvalue weighted by Crippen LogP contribution is 2.19. The van der Waals surface area contributed by atoms with Gasteiger partial charge in [-0.1, -0.05) is 41.2 Å². The van der Waals surface area contributed by atoms with Gasteiger partial charge in [-0.15, -0.1) is 5.10 Å². The number of carbonyl (C=O) groups excluding carboxylic acids is 1. The third kappa shape index (κ3) is 2.53. The number of benzene rings is 2. The molecule has 4 aromatic rings.